The van der Waals surface area contributed by atoms with Gasteiger partial charge in [-0.1, -0.05) is 60.7 Å². The van der Waals surface area contributed by atoms with Crippen molar-refractivity contribution in [2.75, 3.05) is 0 Å². The molecule has 2 nitrogen and oxygen atoms in total. The Kier molecular flexibility index (Phi) is 4.92. The predicted molar refractivity (Wildman–Crippen MR) is 82.4 cm³/mol. The Morgan fingerprint density at radius 1 is 0.850 bits per heavy atom. The molecule has 0 aromatic heterocycles. The Morgan fingerprint density at radius 3 is 1.65 bits per heavy atom. The van der Waals surface area contributed by atoms with E-state index in [4.69, 9.17) is 0 Å². The standard InChI is InChI=1S/C18H20N2/c1-14(2)20-17(13-19)18(15-9-5-3-6-10-15)16-11-7-4-8-12-16/h3-12,14,17-18,20H,1-2H3. The van der Waals surface area contributed by atoms with Gasteiger partial charge in [-0.15, -0.1) is 0 Å². The zero-order chi connectivity index (χ0) is 14.4. The molecule has 0 heterocycles. The fourth-order valence-corrected chi connectivity index (χ4v) is 2.47. The van der Waals surface area contributed by atoms with E-state index in [1.54, 1.807) is 0 Å². The van der Waals surface area contributed by atoms with E-state index in [1.807, 2.05) is 36.4 Å². The molecule has 0 aliphatic heterocycles. The van der Waals surface area contributed by atoms with Crippen LogP contribution in [0.25, 0.3) is 0 Å². The Morgan fingerprint density at radius 2 is 1.30 bits per heavy atom. The van der Waals surface area contributed by atoms with Crippen LogP contribution in [-0.4, -0.2) is 12.1 Å². The van der Waals surface area contributed by atoms with Crippen molar-refractivity contribution in [3.8, 4) is 6.07 Å². The molecular weight excluding hydrogens is 244 g/mol. The average molecular weight is 264 g/mol. The summed E-state index contributed by atoms with van der Waals surface area (Å²) in [6.07, 6.45) is 0. The van der Waals surface area contributed by atoms with E-state index < -0.39 is 0 Å². The van der Waals surface area contributed by atoms with Gasteiger partial charge in [0.05, 0.1) is 6.07 Å². The summed E-state index contributed by atoms with van der Waals surface area (Å²) in [5.74, 6) is 0.0461. The highest BCUT2D eigenvalue weighted by molar-refractivity contribution is 5.36. The molecule has 0 radical (unpaired) electrons. The van der Waals surface area contributed by atoms with Gasteiger partial charge >= 0.3 is 0 Å². The minimum absolute atomic E-state index is 0.0461. The first kappa shape index (κ1) is 14.3. The van der Waals surface area contributed by atoms with Gasteiger partial charge in [-0.3, -0.25) is 5.32 Å². The molecule has 2 rings (SSSR count). The smallest absolute Gasteiger partial charge is 0.106 e. The molecule has 20 heavy (non-hydrogen) atoms. The minimum atomic E-state index is -0.236. The SMILES string of the molecule is CC(C)NC(C#N)C(c1ccccc1)c1ccccc1. The van der Waals surface area contributed by atoms with Crippen molar-refractivity contribution in [2.45, 2.75) is 31.8 Å². The maximum Gasteiger partial charge on any atom is 0.106 e. The molecule has 2 heteroatoms. The third kappa shape index (κ3) is 3.46. The van der Waals surface area contributed by atoms with Crippen LogP contribution < -0.4 is 5.32 Å². The molecule has 2 aromatic carbocycles. The topological polar surface area (TPSA) is 35.8 Å². The van der Waals surface area contributed by atoms with Gasteiger partial charge in [0, 0.05) is 12.0 Å². The van der Waals surface area contributed by atoms with E-state index in [1.165, 1.54) is 11.1 Å². The van der Waals surface area contributed by atoms with Crippen molar-refractivity contribution < 1.29 is 0 Å². The third-order valence-electron chi connectivity index (χ3n) is 3.30. The second-order valence-electron chi connectivity index (χ2n) is 5.23. The lowest BCUT2D eigenvalue weighted by Gasteiger charge is -2.25. The maximum atomic E-state index is 9.56. The second kappa shape index (κ2) is 6.88. The number of nitrogens with one attached hydrogen (secondary N) is 1. The van der Waals surface area contributed by atoms with Gasteiger partial charge in [0.15, 0.2) is 0 Å². The molecule has 102 valence electrons. The fraction of sp³-hybridized carbons (Fsp3) is 0.278. The molecule has 1 unspecified atom stereocenters. The second-order valence-corrected chi connectivity index (χ2v) is 5.23. The van der Waals surface area contributed by atoms with Crippen molar-refractivity contribution >= 4 is 0 Å². The molecule has 0 aliphatic rings. The summed E-state index contributed by atoms with van der Waals surface area (Å²) in [5.41, 5.74) is 2.33. The van der Waals surface area contributed by atoms with Crippen molar-refractivity contribution in [2.24, 2.45) is 0 Å². The van der Waals surface area contributed by atoms with Crippen LogP contribution in [0.2, 0.25) is 0 Å². The van der Waals surface area contributed by atoms with Gasteiger partial charge in [-0.05, 0) is 25.0 Å². The summed E-state index contributed by atoms with van der Waals surface area (Å²) in [7, 11) is 0. The molecule has 0 fully saturated rings. The van der Waals surface area contributed by atoms with Crippen molar-refractivity contribution in [3.05, 3.63) is 71.8 Å². The zero-order valence-electron chi connectivity index (χ0n) is 12.0. The van der Waals surface area contributed by atoms with E-state index in [2.05, 4.69) is 49.5 Å². The normalized spacial score (nSPS) is 12.3. The molecular formula is C18H20N2. The van der Waals surface area contributed by atoms with Crippen LogP contribution in [0.1, 0.15) is 30.9 Å². The van der Waals surface area contributed by atoms with Crippen LogP contribution in [0.4, 0.5) is 0 Å². The maximum absolute atomic E-state index is 9.56. The lowest BCUT2D eigenvalue weighted by molar-refractivity contribution is 0.494. The van der Waals surface area contributed by atoms with Crippen molar-refractivity contribution in [1.82, 2.24) is 5.32 Å². The Bertz CT molecular complexity index is 515. The van der Waals surface area contributed by atoms with Crippen LogP contribution in [0.3, 0.4) is 0 Å². The largest absolute Gasteiger partial charge is 0.299 e. The van der Waals surface area contributed by atoms with Crippen LogP contribution >= 0.6 is 0 Å². The summed E-state index contributed by atoms with van der Waals surface area (Å²) in [5, 5.41) is 12.9. The van der Waals surface area contributed by atoms with E-state index >= 15 is 0 Å². The first-order chi connectivity index (χ1) is 9.72. The molecule has 2 aromatic rings. The lowest BCUT2D eigenvalue weighted by atomic mass is 9.85. The lowest BCUT2D eigenvalue weighted by Crippen LogP contribution is -2.38. The van der Waals surface area contributed by atoms with Crippen LogP contribution in [0.5, 0.6) is 0 Å². The predicted octanol–water partition coefficient (Wildman–Crippen LogP) is 3.71. The molecule has 0 spiro atoms. The summed E-state index contributed by atoms with van der Waals surface area (Å²) >= 11 is 0. The molecule has 0 saturated heterocycles. The summed E-state index contributed by atoms with van der Waals surface area (Å²) in [4.78, 5) is 0. The Balaban J connectivity index is 2.42. The monoisotopic (exact) mass is 264 g/mol. The average Bonchev–Trinajstić information content (AvgIpc) is 2.48. The van der Waals surface area contributed by atoms with Crippen molar-refractivity contribution in [1.29, 1.82) is 5.26 Å². The first-order valence-corrected chi connectivity index (χ1v) is 6.98. The first-order valence-electron chi connectivity index (χ1n) is 6.98. The van der Waals surface area contributed by atoms with E-state index in [0.717, 1.165) is 0 Å². The van der Waals surface area contributed by atoms with E-state index in [-0.39, 0.29) is 18.0 Å². The quantitative estimate of drug-likeness (QED) is 0.893. The summed E-state index contributed by atoms with van der Waals surface area (Å²) < 4.78 is 0. The van der Waals surface area contributed by atoms with Crippen molar-refractivity contribution in [3.63, 3.8) is 0 Å². The number of rotatable bonds is 5. The van der Waals surface area contributed by atoms with E-state index in [9.17, 15) is 5.26 Å². The Labute approximate surface area is 121 Å². The molecule has 1 atom stereocenters. The summed E-state index contributed by atoms with van der Waals surface area (Å²) in [6.45, 7) is 4.13. The fourth-order valence-electron chi connectivity index (χ4n) is 2.47. The van der Waals surface area contributed by atoms with Gasteiger partial charge in [-0.25, -0.2) is 0 Å². The zero-order valence-corrected chi connectivity index (χ0v) is 12.0. The van der Waals surface area contributed by atoms with Crippen LogP contribution in [-0.2, 0) is 0 Å². The number of nitrogens with zero attached hydrogens (tertiary/aromatic N) is 1. The van der Waals surface area contributed by atoms with Gasteiger partial charge in [-0.2, -0.15) is 5.26 Å². The molecule has 0 aliphatic carbocycles. The highest BCUT2D eigenvalue weighted by Crippen LogP contribution is 2.28. The highest BCUT2D eigenvalue weighted by Gasteiger charge is 2.25. The number of hydrogen-bond acceptors (Lipinski definition) is 2. The minimum Gasteiger partial charge on any atom is -0.299 e. The molecule has 1 N–H and O–H groups in total. The van der Waals surface area contributed by atoms with E-state index in [0.29, 0.717) is 0 Å². The molecule has 0 amide bonds. The Hall–Kier alpha value is -2.11. The van der Waals surface area contributed by atoms with Crippen LogP contribution in [0, 0.1) is 11.3 Å². The van der Waals surface area contributed by atoms with Crippen LogP contribution in [0.15, 0.2) is 60.7 Å². The number of hydrogen-bond donors (Lipinski definition) is 1. The number of benzene rings is 2. The van der Waals surface area contributed by atoms with Gasteiger partial charge in [0.2, 0.25) is 0 Å². The van der Waals surface area contributed by atoms with Gasteiger partial charge in [0.1, 0.15) is 6.04 Å². The van der Waals surface area contributed by atoms with Gasteiger partial charge < -0.3 is 0 Å². The molecule has 0 bridgehead atoms. The highest BCUT2D eigenvalue weighted by atomic mass is 14.9. The number of nitriles is 1. The third-order valence-corrected chi connectivity index (χ3v) is 3.30. The van der Waals surface area contributed by atoms with Gasteiger partial charge in [0.25, 0.3) is 0 Å². The summed E-state index contributed by atoms with van der Waals surface area (Å²) in [6, 6.07) is 22.9. The molecule has 0 saturated carbocycles.